The van der Waals surface area contributed by atoms with Crippen LogP contribution in [-0.4, -0.2) is 23.8 Å². The lowest BCUT2D eigenvalue weighted by Crippen LogP contribution is -2.05. The Hall–Kier alpha value is -2.96. The molecule has 2 aromatic rings. The summed E-state index contributed by atoms with van der Waals surface area (Å²) in [4.78, 5) is 0. The molecule has 0 atom stereocenters. The number of unbranched alkanes of at least 4 members (excludes halogenated alkanes) is 4. The summed E-state index contributed by atoms with van der Waals surface area (Å²) in [5.74, 6) is 12.8. The Morgan fingerprint density at radius 2 is 1.12 bits per heavy atom. The summed E-state index contributed by atoms with van der Waals surface area (Å²) in [6.07, 6.45) is 6.14. The van der Waals surface area contributed by atoms with Gasteiger partial charge in [-0.05, 0) is 49.2 Å². The summed E-state index contributed by atoms with van der Waals surface area (Å²) >= 11 is 0. The molecule has 176 valence electrons. The Morgan fingerprint density at radius 3 is 1.55 bits per heavy atom. The highest BCUT2D eigenvalue weighted by atomic mass is 16.7. The summed E-state index contributed by atoms with van der Waals surface area (Å²) < 4.78 is 16.3. The predicted molar refractivity (Wildman–Crippen MR) is 129 cm³/mol. The first-order chi connectivity index (χ1) is 16.1. The average molecular weight is 451 g/mol. The van der Waals surface area contributed by atoms with E-state index in [9.17, 15) is 10.2 Å². The Labute approximate surface area is 197 Å². The van der Waals surface area contributed by atoms with Gasteiger partial charge in [0.05, 0.1) is 13.2 Å². The lowest BCUT2D eigenvalue weighted by atomic mass is 10.1. The summed E-state index contributed by atoms with van der Waals surface area (Å²) in [7, 11) is 0. The van der Waals surface area contributed by atoms with Crippen LogP contribution in [0.2, 0.25) is 0 Å². The van der Waals surface area contributed by atoms with E-state index in [0.717, 1.165) is 49.7 Å². The Balaban J connectivity index is 1.71. The van der Waals surface area contributed by atoms with E-state index in [4.69, 9.17) is 14.2 Å². The molecule has 0 bridgehead atoms. The van der Waals surface area contributed by atoms with Crippen LogP contribution in [-0.2, 0) is 27.4 Å². The van der Waals surface area contributed by atoms with Gasteiger partial charge in [-0.2, -0.15) is 0 Å². The van der Waals surface area contributed by atoms with E-state index < -0.39 is 0 Å². The van der Waals surface area contributed by atoms with E-state index >= 15 is 0 Å². The molecule has 0 saturated carbocycles. The van der Waals surface area contributed by atoms with Gasteiger partial charge in [-0.1, -0.05) is 50.4 Å². The Bertz CT molecular complexity index is 896. The number of hydrogen-bond donors (Lipinski definition) is 2. The fraction of sp³-hybridized carbons (Fsp3) is 0.429. The summed E-state index contributed by atoms with van der Waals surface area (Å²) in [5, 5.41) is 20.0. The smallest absolute Gasteiger partial charge is 0.150 e. The van der Waals surface area contributed by atoms with Gasteiger partial charge in [0.1, 0.15) is 25.1 Å². The van der Waals surface area contributed by atoms with Crippen molar-refractivity contribution < 1.29 is 24.4 Å². The van der Waals surface area contributed by atoms with Crippen LogP contribution in [0.15, 0.2) is 36.4 Å². The van der Waals surface area contributed by atoms with E-state index in [1.54, 1.807) is 24.3 Å². The van der Waals surface area contributed by atoms with E-state index in [2.05, 4.69) is 37.5 Å². The van der Waals surface area contributed by atoms with Gasteiger partial charge < -0.3 is 24.4 Å². The maximum Gasteiger partial charge on any atom is 0.150 e. The fourth-order valence-electron chi connectivity index (χ4n) is 2.87. The molecular formula is C28H34O5. The minimum Gasteiger partial charge on any atom is -0.508 e. The molecule has 33 heavy (non-hydrogen) atoms. The Morgan fingerprint density at radius 1 is 0.667 bits per heavy atom. The van der Waals surface area contributed by atoms with Gasteiger partial charge in [0.25, 0.3) is 0 Å². The first-order valence-electron chi connectivity index (χ1n) is 11.5. The number of phenols is 2. The predicted octanol–water partition coefficient (Wildman–Crippen LogP) is 5.85. The largest absolute Gasteiger partial charge is 0.508 e. The summed E-state index contributed by atoms with van der Waals surface area (Å²) in [6, 6.07) is 10.5. The second kappa shape index (κ2) is 15.8. The molecule has 0 unspecified atom stereocenters. The second-order valence-electron chi connectivity index (χ2n) is 7.63. The van der Waals surface area contributed by atoms with Gasteiger partial charge in [0, 0.05) is 35.1 Å². The van der Waals surface area contributed by atoms with Gasteiger partial charge in [-0.25, -0.2) is 0 Å². The monoisotopic (exact) mass is 450 g/mol. The lowest BCUT2D eigenvalue weighted by Gasteiger charge is -2.09. The van der Waals surface area contributed by atoms with E-state index in [1.807, 2.05) is 12.1 Å². The van der Waals surface area contributed by atoms with Crippen LogP contribution in [0.3, 0.4) is 0 Å². The highest BCUT2D eigenvalue weighted by Crippen LogP contribution is 2.20. The molecule has 2 aromatic carbocycles. The lowest BCUT2D eigenvalue weighted by molar-refractivity contribution is -0.139. The molecule has 5 heteroatoms. The molecule has 0 amide bonds. The zero-order chi connectivity index (χ0) is 23.7. The molecule has 2 rings (SSSR count). The standard InChI is InChI=1S/C28H34O5/c1-3-5-7-9-11-23-13-15-27(29)25(17-23)19-31-21-33-22-32-20-26-18-24(14-16-28(26)30)12-10-8-6-4-2/h13-18,29-30H,3-8,19-22H2,1-2H3. The van der Waals surface area contributed by atoms with Crippen molar-refractivity contribution in [1.29, 1.82) is 0 Å². The number of benzene rings is 2. The molecule has 0 aliphatic heterocycles. The van der Waals surface area contributed by atoms with Crippen molar-refractivity contribution in [2.24, 2.45) is 0 Å². The van der Waals surface area contributed by atoms with Gasteiger partial charge >= 0.3 is 0 Å². The third-order valence-electron chi connectivity index (χ3n) is 4.78. The van der Waals surface area contributed by atoms with E-state index in [-0.39, 0.29) is 38.3 Å². The molecule has 2 N–H and O–H groups in total. The summed E-state index contributed by atoms with van der Waals surface area (Å²) in [5.41, 5.74) is 3.01. The molecule has 0 saturated heterocycles. The molecule has 0 spiro atoms. The quantitative estimate of drug-likeness (QED) is 0.241. The SMILES string of the molecule is CCCCC#Cc1ccc(O)c(COCOCOCc2cc(C#CCCCC)ccc2O)c1. The molecule has 5 nitrogen and oxygen atoms in total. The third-order valence-corrected chi connectivity index (χ3v) is 4.78. The van der Waals surface area contributed by atoms with Crippen molar-refractivity contribution in [2.45, 2.75) is 65.6 Å². The molecule has 0 heterocycles. The number of hydrogen-bond acceptors (Lipinski definition) is 5. The highest BCUT2D eigenvalue weighted by Gasteiger charge is 2.04. The van der Waals surface area contributed by atoms with E-state index in [1.165, 1.54) is 0 Å². The molecule has 0 radical (unpaired) electrons. The van der Waals surface area contributed by atoms with Crippen LogP contribution in [0, 0.1) is 23.7 Å². The number of rotatable bonds is 12. The first-order valence-corrected chi connectivity index (χ1v) is 11.5. The molecule has 0 aromatic heterocycles. The van der Waals surface area contributed by atoms with Gasteiger partial charge in [-0.3, -0.25) is 0 Å². The normalized spacial score (nSPS) is 10.2. The van der Waals surface area contributed by atoms with Crippen molar-refractivity contribution in [3.05, 3.63) is 58.7 Å². The number of ether oxygens (including phenoxy) is 3. The van der Waals surface area contributed by atoms with Crippen LogP contribution in [0.4, 0.5) is 0 Å². The van der Waals surface area contributed by atoms with Gasteiger partial charge in [0.2, 0.25) is 0 Å². The molecule has 0 fully saturated rings. The van der Waals surface area contributed by atoms with Crippen molar-refractivity contribution in [3.8, 4) is 35.2 Å². The van der Waals surface area contributed by atoms with Crippen LogP contribution in [0.25, 0.3) is 0 Å². The molecule has 0 aliphatic carbocycles. The highest BCUT2D eigenvalue weighted by molar-refractivity contribution is 5.44. The summed E-state index contributed by atoms with van der Waals surface area (Å²) in [6.45, 7) is 4.71. The van der Waals surface area contributed by atoms with Crippen molar-refractivity contribution in [2.75, 3.05) is 13.6 Å². The maximum atomic E-state index is 10.0. The van der Waals surface area contributed by atoms with Crippen LogP contribution in [0.5, 0.6) is 11.5 Å². The average Bonchev–Trinajstić information content (AvgIpc) is 2.82. The fourth-order valence-corrected chi connectivity index (χ4v) is 2.87. The van der Waals surface area contributed by atoms with Crippen LogP contribution < -0.4 is 0 Å². The second-order valence-corrected chi connectivity index (χ2v) is 7.63. The van der Waals surface area contributed by atoms with Crippen molar-refractivity contribution >= 4 is 0 Å². The molecule has 0 aliphatic rings. The zero-order valence-corrected chi connectivity index (χ0v) is 19.7. The van der Waals surface area contributed by atoms with Crippen molar-refractivity contribution in [1.82, 2.24) is 0 Å². The minimum atomic E-state index is 0.0147. The van der Waals surface area contributed by atoms with Gasteiger partial charge in [0.15, 0.2) is 0 Å². The Kier molecular flexibility index (Phi) is 12.6. The topological polar surface area (TPSA) is 68.2 Å². The number of aromatic hydroxyl groups is 2. The minimum absolute atomic E-state index is 0.0147. The third kappa shape index (κ3) is 10.5. The van der Waals surface area contributed by atoms with Crippen LogP contribution in [0.1, 0.15) is 74.6 Å². The maximum absolute atomic E-state index is 10.0. The first kappa shape index (κ1) is 26.3. The molecular weight excluding hydrogens is 416 g/mol. The van der Waals surface area contributed by atoms with Crippen LogP contribution >= 0.6 is 0 Å². The van der Waals surface area contributed by atoms with Gasteiger partial charge in [-0.15, -0.1) is 0 Å². The number of phenolic OH excluding ortho intramolecular Hbond substituents is 2. The van der Waals surface area contributed by atoms with Crippen molar-refractivity contribution in [3.63, 3.8) is 0 Å². The zero-order valence-electron chi connectivity index (χ0n) is 19.7. The van der Waals surface area contributed by atoms with E-state index in [0.29, 0.717) is 11.1 Å².